The smallest absolute Gasteiger partial charge is 0.306 e. The third-order valence-electron chi connectivity index (χ3n) is 4.85. The number of nitrogens with zero attached hydrogens (tertiary/aromatic N) is 1. The Hall–Kier alpha value is -2.60. The lowest BCUT2D eigenvalue weighted by molar-refractivity contribution is -0.143. The molecule has 26 heavy (non-hydrogen) atoms. The molecule has 0 saturated carbocycles. The van der Waals surface area contributed by atoms with Crippen LogP contribution in [0.5, 0.6) is 0 Å². The predicted octanol–water partition coefficient (Wildman–Crippen LogP) is 3.42. The molecule has 2 heterocycles. The van der Waals surface area contributed by atoms with Crippen LogP contribution in [-0.4, -0.2) is 24.8 Å². The molecule has 2 aliphatic rings. The normalized spacial score (nSPS) is 22.2. The van der Waals surface area contributed by atoms with Crippen LogP contribution >= 0.6 is 0 Å². The van der Waals surface area contributed by atoms with Gasteiger partial charge in [0.1, 0.15) is 12.1 Å². The zero-order valence-corrected chi connectivity index (χ0v) is 15.1. The first-order chi connectivity index (χ1) is 12.5. The second-order valence-electron chi connectivity index (χ2n) is 6.60. The molecule has 6 heteroatoms. The van der Waals surface area contributed by atoms with Gasteiger partial charge in [-0.3, -0.25) is 9.10 Å². The van der Waals surface area contributed by atoms with Gasteiger partial charge in [0.2, 0.25) is 0 Å². The highest BCUT2D eigenvalue weighted by atomic mass is 32.2. The molecule has 2 aromatic carbocycles. The molecule has 0 bridgehead atoms. The molecule has 2 aliphatic heterocycles. The molecular formula is C20H19NO4S. The van der Waals surface area contributed by atoms with Gasteiger partial charge in [-0.15, -0.1) is 0 Å². The number of sulfonamides is 1. The molecule has 2 atom stereocenters. The molecule has 0 aliphatic carbocycles. The molecule has 0 unspecified atom stereocenters. The predicted molar refractivity (Wildman–Crippen MR) is 97.5 cm³/mol. The second kappa shape index (κ2) is 6.29. The molecular weight excluding hydrogens is 350 g/mol. The summed E-state index contributed by atoms with van der Waals surface area (Å²) in [5.41, 5.74) is 2.78. The van der Waals surface area contributed by atoms with Crippen LogP contribution in [0.25, 0.3) is 6.08 Å². The van der Waals surface area contributed by atoms with Gasteiger partial charge in [-0.25, -0.2) is 8.42 Å². The second-order valence-corrected chi connectivity index (χ2v) is 8.45. The van der Waals surface area contributed by atoms with E-state index in [4.69, 9.17) is 4.74 Å². The van der Waals surface area contributed by atoms with Crippen molar-refractivity contribution in [3.63, 3.8) is 0 Å². The summed E-state index contributed by atoms with van der Waals surface area (Å²) in [5.74, 6) is -0.283. The van der Waals surface area contributed by atoms with Crippen molar-refractivity contribution >= 4 is 22.1 Å². The van der Waals surface area contributed by atoms with E-state index in [2.05, 4.69) is 0 Å². The third kappa shape index (κ3) is 2.80. The van der Waals surface area contributed by atoms with Gasteiger partial charge in [-0.2, -0.15) is 0 Å². The number of aryl methyl sites for hydroxylation is 1. The molecule has 2 aromatic rings. The Bertz CT molecular complexity index is 979. The minimum absolute atomic E-state index is 0.224. The lowest BCUT2D eigenvalue weighted by Gasteiger charge is -2.36. The Balaban J connectivity index is 1.81. The van der Waals surface area contributed by atoms with Crippen molar-refractivity contribution in [2.24, 2.45) is 0 Å². The highest BCUT2D eigenvalue weighted by Gasteiger charge is 2.42. The number of hydrogen-bond acceptors (Lipinski definition) is 4. The molecule has 0 aromatic heterocycles. The van der Waals surface area contributed by atoms with Crippen LogP contribution in [-0.2, 0) is 19.6 Å². The van der Waals surface area contributed by atoms with E-state index in [9.17, 15) is 13.2 Å². The van der Waals surface area contributed by atoms with E-state index in [0.717, 1.165) is 16.7 Å². The van der Waals surface area contributed by atoms with Crippen LogP contribution in [0.15, 0.2) is 59.6 Å². The summed E-state index contributed by atoms with van der Waals surface area (Å²) in [7, 11) is -3.77. The number of hydrogen-bond donors (Lipinski definition) is 0. The van der Waals surface area contributed by atoms with Crippen LogP contribution in [0.1, 0.15) is 35.6 Å². The Morgan fingerprint density at radius 1 is 1.08 bits per heavy atom. The first kappa shape index (κ1) is 16.8. The van der Waals surface area contributed by atoms with E-state index in [0.29, 0.717) is 12.8 Å². The fourth-order valence-corrected chi connectivity index (χ4v) is 5.00. The molecule has 4 rings (SSSR count). The largest absolute Gasteiger partial charge is 0.460 e. The number of carbonyl (C=O) groups excluding carboxylic acids is 1. The molecule has 0 N–H and O–H groups in total. The van der Waals surface area contributed by atoms with Gasteiger partial charge in [-0.1, -0.05) is 42.0 Å². The third-order valence-corrected chi connectivity index (χ3v) is 6.63. The fourth-order valence-electron chi connectivity index (χ4n) is 3.51. The number of benzene rings is 2. The summed E-state index contributed by atoms with van der Waals surface area (Å²) in [6.07, 6.45) is 3.69. The van der Waals surface area contributed by atoms with Gasteiger partial charge in [-0.05, 0) is 42.7 Å². The van der Waals surface area contributed by atoms with Crippen LogP contribution in [0.4, 0.5) is 0 Å². The average molecular weight is 369 g/mol. The molecule has 0 amide bonds. The zero-order chi connectivity index (χ0) is 18.3. The average Bonchev–Trinajstić information content (AvgIpc) is 3.07. The highest BCUT2D eigenvalue weighted by Crippen LogP contribution is 2.40. The van der Waals surface area contributed by atoms with E-state index in [1.54, 1.807) is 36.5 Å². The van der Waals surface area contributed by atoms with Crippen molar-refractivity contribution in [3.8, 4) is 0 Å². The van der Waals surface area contributed by atoms with Crippen molar-refractivity contribution in [1.82, 2.24) is 4.31 Å². The number of ether oxygens (including phenoxy) is 1. The van der Waals surface area contributed by atoms with E-state index < -0.39 is 22.2 Å². The van der Waals surface area contributed by atoms with Gasteiger partial charge in [0.25, 0.3) is 10.0 Å². The maximum Gasteiger partial charge on any atom is 0.306 e. The molecule has 134 valence electrons. The van der Waals surface area contributed by atoms with Crippen molar-refractivity contribution in [2.45, 2.75) is 36.8 Å². The van der Waals surface area contributed by atoms with Crippen LogP contribution in [0, 0.1) is 6.92 Å². The SMILES string of the molecule is Cc1ccc(S(=O)(=O)N2C=Cc3ccccc3[C@@H]2[C@H]2CCC(=O)O2)cc1. The molecule has 1 fully saturated rings. The number of fused-ring (bicyclic) bond motifs is 1. The first-order valence-electron chi connectivity index (χ1n) is 8.53. The standard InChI is InChI=1S/C20H19NO4S/c1-14-6-8-16(9-7-14)26(23,24)21-13-12-15-4-2-3-5-17(15)20(21)18-10-11-19(22)25-18/h2-9,12-13,18,20H,10-11H2,1H3/t18-,20-/m1/s1. The lowest BCUT2D eigenvalue weighted by Crippen LogP contribution is -2.39. The van der Waals surface area contributed by atoms with Crippen LogP contribution in [0.2, 0.25) is 0 Å². The minimum atomic E-state index is -3.77. The van der Waals surface area contributed by atoms with Gasteiger partial charge < -0.3 is 4.74 Å². The van der Waals surface area contributed by atoms with Gasteiger partial charge in [0.05, 0.1) is 4.90 Å². The summed E-state index contributed by atoms with van der Waals surface area (Å²) >= 11 is 0. The summed E-state index contributed by atoms with van der Waals surface area (Å²) in [6, 6.07) is 13.8. The van der Waals surface area contributed by atoms with Gasteiger partial charge in [0, 0.05) is 12.6 Å². The maximum atomic E-state index is 13.3. The number of cyclic esters (lactones) is 1. The topological polar surface area (TPSA) is 63.7 Å². The number of rotatable bonds is 3. The van der Waals surface area contributed by atoms with E-state index >= 15 is 0 Å². The van der Waals surface area contributed by atoms with E-state index in [-0.39, 0.29) is 10.9 Å². The van der Waals surface area contributed by atoms with E-state index in [1.165, 1.54) is 4.31 Å². The van der Waals surface area contributed by atoms with Gasteiger partial charge in [0.15, 0.2) is 0 Å². The van der Waals surface area contributed by atoms with Crippen molar-refractivity contribution in [2.75, 3.05) is 0 Å². The minimum Gasteiger partial charge on any atom is -0.460 e. The van der Waals surface area contributed by atoms with Crippen molar-refractivity contribution < 1.29 is 17.9 Å². The molecule has 0 radical (unpaired) electrons. The van der Waals surface area contributed by atoms with Crippen molar-refractivity contribution in [1.29, 1.82) is 0 Å². The molecule has 5 nitrogen and oxygen atoms in total. The lowest BCUT2D eigenvalue weighted by atomic mass is 9.93. The first-order valence-corrected chi connectivity index (χ1v) is 9.97. The zero-order valence-electron chi connectivity index (χ0n) is 14.3. The Kier molecular flexibility index (Phi) is 4.07. The van der Waals surface area contributed by atoms with Gasteiger partial charge >= 0.3 is 5.97 Å². The summed E-state index contributed by atoms with van der Waals surface area (Å²) in [4.78, 5) is 11.9. The fraction of sp³-hybridized carbons (Fsp3) is 0.250. The number of carbonyl (C=O) groups is 1. The van der Waals surface area contributed by atoms with E-state index in [1.807, 2.05) is 31.2 Å². The Labute approximate surface area is 153 Å². The molecule has 0 spiro atoms. The maximum absolute atomic E-state index is 13.3. The number of esters is 1. The summed E-state index contributed by atoms with van der Waals surface area (Å²) in [5, 5.41) is 0. The Morgan fingerprint density at radius 2 is 1.81 bits per heavy atom. The quantitative estimate of drug-likeness (QED) is 0.778. The molecule has 1 saturated heterocycles. The summed E-state index contributed by atoms with van der Waals surface area (Å²) < 4.78 is 33.4. The Morgan fingerprint density at radius 3 is 2.50 bits per heavy atom. The highest BCUT2D eigenvalue weighted by molar-refractivity contribution is 7.89. The van der Waals surface area contributed by atoms with Crippen LogP contribution in [0.3, 0.4) is 0 Å². The van der Waals surface area contributed by atoms with Crippen LogP contribution < -0.4 is 0 Å². The van der Waals surface area contributed by atoms with Crippen molar-refractivity contribution in [3.05, 3.63) is 71.4 Å². The monoisotopic (exact) mass is 369 g/mol. The summed E-state index contributed by atoms with van der Waals surface area (Å²) in [6.45, 7) is 1.91.